The van der Waals surface area contributed by atoms with Gasteiger partial charge >= 0.3 is 0 Å². The third kappa shape index (κ3) is 4.24. The van der Waals surface area contributed by atoms with Gasteiger partial charge in [-0.25, -0.2) is 4.68 Å². The van der Waals surface area contributed by atoms with Crippen LogP contribution in [0.5, 0.6) is 0 Å². The van der Waals surface area contributed by atoms with E-state index in [9.17, 15) is 9.59 Å². The molecule has 30 heavy (non-hydrogen) atoms. The molecule has 1 aliphatic rings. The van der Waals surface area contributed by atoms with Crippen molar-refractivity contribution in [2.24, 2.45) is 0 Å². The van der Waals surface area contributed by atoms with Crippen LogP contribution < -0.4 is 0 Å². The molecule has 1 fully saturated rings. The number of aromatic nitrogens is 2. The van der Waals surface area contributed by atoms with E-state index in [1.54, 1.807) is 34.8 Å². The summed E-state index contributed by atoms with van der Waals surface area (Å²) in [6.07, 6.45) is 2.55. The average molecular weight is 423 g/mol. The Balaban J connectivity index is 1.70. The minimum atomic E-state index is -0.0764. The van der Waals surface area contributed by atoms with Crippen molar-refractivity contribution < 1.29 is 9.59 Å². The molecule has 3 aromatic rings. The number of hydrogen-bond acceptors (Lipinski definition) is 3. The lowest BCUT2D eigenvalue weighted by atomic mass is 10.1. The van der Waals surface area contributed by atoms with Crippen LogP contribution in [0.3, 0.4) is 0 Å². The van der Waals surface area contributed by atoms with Crippen LogP contribution in [0.15, 0.2) is 60.8 Å². The lowest BCUT2D eigenvalue weighted by Gasteiger charge is -2.21. The van der Waals surface area contributed by atoms with Crippen molar-refractivity contribution in [1.82, 2.24) is 19.6 Å². The van der Waals surface area contributed by atoms with E-state index in [1.165, 1.54) is 0 Å². The molecule has 1 saturated heterocycles. The number of amides is 2. The molecule has 1 aliphatic heterocycles. The van der Waals surface area contributed by atoms with Gasteiger partial charge in [-0.2, -0.15) is 5.10 Å². The predicted octanol–water partition coefficient (Wildman–Crippen LogP) is 3.89. The second-order valence-electron chi connectivity index (χ2n) is 7.33. The highest BCUT2D eigenvalue weighted by Gasteiger charge is 2.26. The number of para-hydroxylation sites is 1. The quantitative estimate of drug-likeness (QED) is 0.643. The molecule has 0 N–H and O–H groups in total. The molecule has 0 saturated carbocycles. The summed E-state index contributed by atoms with van der Waals surface area (Å²) in [5.41, 5.74) is 2.87. The highest BCUT2D eigenvalue weighted by atomic mass is 35.5. The minimum absolute atomic E-state index is 0.0445. The summed E-state index contributed by atoms with van der Waals surface area (Å²) in [4.78, 5) is 28.8. The summed E-state index contributed by atoms with van der Waals surface area (Å²) in [6.45, 7) is 3.91. The van der Waals surface area contributed by atoms with Crippen LogP contribution in [0.4, 0.5) is 0 Å². The molecule has 154 valence electrons. The molecule has 0 radical (unpaired) electrons. The molecule has 0 unspecified atom stereocenters. The van der Waals surface area contributed by atoms with Crippen LogP contribution in [-0.4, -0.2) is 57.6 Å². The second kappa shape index (κ2) is 8.71. The Hall–Kier alpha value is -3.12. The molecule has 0 aliphatic carbocycles. The zero-order chi connectivity index (χ0) is 21.1. The molecule has 2 amide bonds. The number of halogens is 1. The Bertz CT molecular complexity index is 1050. The first-order valence-electron chi connectivity index (χ1n) is 9.99. The number of carbonyl (C=O) groups excluding carboxylic acids is 2. The van der Waals surface area contributed by atoms with Crippen LogP contribution in [0.1, 0.15) is 23.7 Å². The minimum Gasteiger partial charge on any atom is -0.341 e. The first kappa shape index (κ1) is 20.2. The van der Waals surface area contributed by atoms with Crippen molar-refractivity contribution in [3.63, 3.8) is 0 Å². The molecule has 0 spiro atoms. The molecule has 6 nitrogen and oxygen atoms in total. The molecule has 2 heterocycles. The van der Waals surface area contributed by atoms with Crippen molar-refractivity contribution in [1.29, 1.82) is 0 Å². The normalized spacial score (nSPS) is 14.5. The largest absolute Gasteiger partial charge is 0.341 e. The highest BCUT2D eigenvalue weighted by molar-refractivity contribution is 6.30. The summed E-state index contributed by atoms with van der Waals surface area (Å²) in [5.74, 6) is -0.0319. The third-order valence-electron chi connectivity index (χ3n) is 5.31. The summed E-state index contributed by atoms with van der Waals surface area (Å²) >= 11 is 6.05. The standard InChI is InChI=1S/C23H23ClN4O2/c1-17(29)26-12-5-13-27(15-14-26)23(30)21-16-28(20-6-3-2-4-7-20)25-22(21)18-8-10-19(24)11-9-18/h2-4,6-11,16H,5,12-15H2,1H3. The van der Waals surface area contributed by atoms with Gasteiger partial charge in [0, 0.05) is 49.9 Å². The van der Waals surface area contributed by atoms with E-state index in [-0.39, 0.29) is 11.8 Å². The van der Waals surface area contributed by atoms with Crippen molar-refractivity contribution in [2.75, 3.05) is 26.2 Å². The average Bonchev–Trinajstić information content (AvgIpc) is 3.04. The van der Waals surface area contributed by atoms with Gasteiger partial charge in [-0.15, -0.1) is 0 Å². The maximum absolute atomic E-state index is 13.5. The number of benzene rings is 2. The van der Waals surface area contributed by atoms with Gasteiger partial charge < -0.3 is 9.80 Å². The van der Waals surface area contributed by atoms with E-state index in [0.29, 0.717) is 42.5 Å². The first-order chi connectivity index (χ1) is 14.5. The zero-order valence-corrected chi connectivity index (χ0v) is 17.5. The van der Waals surface area contributed by atoms with E-state index < -0.39 is 0 Å². The van der Waals surface area contributed by atoms with Gasteiger partial charge in [-0.3, -0.25) is 9.59 Å². The summed E-state index contributed by atoms with van der Waals surface area (Å²) in [7, 11) is 0. The van der Waals surface area contributed by atoms with Crippen LogP contribution in [-0.2, 0) is 4.79 Å². The summed E-state index contributed by atoms with van der Waals surface area (Å²) in [6, 6.07) is 17.0. The maximum Gasteiger partial charge on any atom is 0.257 e. The molecule has 0 atom stereocenters. The van der Waals surface area contributed by atoms with Crippen LogP contribution in [0.2, 0.25) is 5.02 Å². The van der Waals surface area contributed by atoms with Crippen molar-refractivity contribution >= 4 is 23.4 Å². The number of rotatable bonds is 3. The van der Waals surface area contributed by atoms with Gasteiger partial charge in [0.1, 0.15) is 5.69 Å². The monoisotopic (exact) mass is 422 g/mol. The molecule has 7 heteroatoms. The molecule has 2 aromatic carbocycles. The fraction of sp³-hybridized carbons (Fsp3) is 0.261. The van der Waals surface area contributed by atoms with E-state index in [2.05, 4.69) is 0 Å². The number of hydrogen-bond donors (Lipinski definition) is 0. The SMILES string of the molecule is CC(=O)N1CCCN(C(=O)c2cn(-c3ccccc3)nc2-c2ccc(Cl)cc2)CC1. The van der Waals surface area contributed by atoms with E-state index >= 15 is 0 Å². The van der Waals surface area contributed by atoms with Gasteiger partial charge in [-0.05, 0) is 30.7 Å². The third-order valence-corrected chi connectivity index (χ3v) is 5.56. The predicted molar refractivity (Wildman–Crippen MR) is 117 cm³/mol. The van der Waals surface area contributed by atoms with Crippen LogP contribution in [0, 0.1) is 0 Å². The molecule has 1 aromatic heterocycles. The number of carbonyl (C=O) groups is 2. The first-order valence-corrected chi connectivity index (χ1v) is 10.4. The Morgan fingerprint density at radius 3 is 2.27 bits per heavy atom. The highest BCUT2D eigenvalue weighted by Crippen LogP contribution is 2.26. The molecular formula is C23H23ClN4O2. The summed E-state index contributed by atoms with van der Waals surface area (Å²) in [5, 5.41) is 5.35. The Morgan fingerprint density at radius 2 is 1.57 bits per heavy atom. The van der Waals surface area contributed by atoms with Crippen molar-refractivity contribution in [3.8, 4) is 16.9 Å². The Kier molecular flexibility index (Phi) is 5.86. The number of nitrogens with zero attached hydrogens (tertiary/aromatic N) is 4. The van der Waals surface area contributed by atoms with E-state index in [0.717, 1.165) is 17.7 Å². The van der Waals surface area contributed by atoms with Gasteiger partial charge in [-0.1, -0.05) is 41.9 Å². The van der Waals surface area contributed by atoms with E-state index in [4.69, 9.17) is 16.7 Å². The Morgan fingerprint density at radius 1 is 0.900 bits per heavy atom. The fourth-order valence-corrected chi connectivity index (χ4v) is 3.80. The van der Waals surface area contributed by atoms with Gasteiger partial charge in [0.25, 0.3) is 5.91 Å². The van der Waals surface area contributed by atoms with E-state index in [1.807, 2.05) is 47.4 Å². The summed E-state index contributed by atoms with van der Waals surface area (Å²) < 4.78 is 1.73. The van der Waals surface area contributed by atoms with Gasteiger partial charge in [0.15, 0.2) is 0 Å². The maximum atomic E-state index is 13.5. The van der Waals surface area contributed by atoms with Gasteiger partial charge in [0.05, 0.1) is 11.3 Å². The molecule has 4 rings (SSSR count). The van der Waals surface area contributed by atoms with Crippen molar-refractivity contribution in [2.45, 2.75) is 13.3 Å². The fourth-order valence-electron chi connectivity index (χ4n) is 3.67. The van der Waals surface area contributed by atoms with Crippen molar-refractivity contribution in [3.05, 3.63) is 71.4 Å². The lowest BCUT2D eigenvalue weighted by molar-refractivity contribution is -0.128. The van der Waals surface area contributed by atoms with Crippen LogP contribution >= 0.6 is 11.6 Å². The van der Waals surface area contributed by atoms with Crippen LogP contribution in [0.25, 0.3) is 16.9 Å². The Labute approximate surface area is 180 Å². The van der Waals surface area contributed by atoms with Gasteiger partial charge in [0.2, 0.25) is 5.91 Å². The zero-order valence-electron chi connectivity index (χ0n) is 16.8. The lowest BCUT2D eigenvalue weighted by Crippen LogP contribution is -2.36. The molecular weight excluding hydrogens is 400 g/mol. The smallest absolute Gasteiger partial charge is 0.257 e. The topological polar surface area (TPSA) is 58.4 Å². The molecule has 0 bridgehead atoms. The second-order valence-corrected chi connectivity index (χ2v) is 7.77.